The van der Waals surface area contributed by atoms with Crippen molar-refractivity contribution in [2.45, 2.75) is 19.5 Å². The Bertz CT molecular complexity index is 1390. The summed E-state index contributed by atoms with van der Waals surface area (Å²) < 4.78 is 15.1. The maximum Gasteiger partial charge on any atom is 0.256 e. The molecule has 0 spiro atoms. The predicted molar refractivity (Wildman–Crippen MR) is 123 cm³/mol. The van der Waals surface area contributed by atoms with Crippen molar-refractivity contribution in [2.24, 2.45) is 0 Å². The molecule has 4 aromatic rings. The standard InChI is InChI=1S/C23H17BrFN7O/c1-13(20-19(25)3-2-6-28-20)32(12-17-5-4-14(9-26)10-29-17)23(33)16-7-15-8-18(24)21(27)31-22(15)30-11-16/h2-8,10-11,13H,12H2,1H3,(H2,27,30,31)/t13-/m1/s1. The Morgan fingerprint density at radius 1 is 1.24 bits per heavy atom. The van der Waals surface area contributed by atoms with E-state index < -0.39 is 11.9 Å². The Kier molecular flexibility index (Phi) is 6.24. The van der Waals surface area contributed by atoms with Crippen LogP contribution in [0.3, 0.4) is 0 Å². The molecule has 1 atom stereocenters. The monoisotopic (exact) mass is 505 g/mol. The second kappa shape index (κ2) is 9.26. The van der Waals surface area contributed by atoms with Crippen LogP contribution in [0.25, 0.3) is 11.0 Å². The number of amides is 1. The lowest BCUT2D eigenvalue weighted by molar-refractivity contribution is 0.0664. The molecule has 4 rings (SSSR count). The van der Waals surface area contributed by atoms with Crippen molar-refractivity contribution in [3.05, 3.63) is 87.8 Å². The van der Waals surface area contributed by atoms with Gasteiger partial charge in [0.1, 0.15) is 17.7 Å². The molecule has 164 valence electrons. The van der Waals surface area contributed by atoms with Gasteiger partial charge < -0.3 is 10.6 Å². The Morgan fingerprint density at radius 3 is 2.76 bits per heavy atom. The molecule has 0 aromatic carbocycles. The fraction of sp³-hybridized carbons (Fsp3) is 0.130. The van der Waals surface area contributed by atoms with Gasteiger partial charge in [0.25, 0.3) is 5.91 Å². The molecule has 0 bridgehead atoms. The highest BCUT2D eigenvalue weighted by atomic mass is 79.9. The number of hydrogen-bond acceptors (Lipinski definition) is 7. The fourth-order valence-electron chi connectivity index (χ4n) is 3.33. The summed E-state index contributed by atoms with van der Waals surface area (Å²) in [5.41, 5.74) is 7.57. The molecular weight excluding hydrogens is 489 g/mol. The molecule has 0 fully saturated rings. The van der Waals surface area contributed by atoms with Crippen molar-refractivity contribution in [3.63, 3.8) is 0 Å². The smallest absolute Gasteiger partial charge is 0.256 e. The highest BCUT2D eigenvalue weighted by Crippen LogP contribution is 2.27. The number of nitrogens with two attached hydrogens (primary N) is 1. The number of anilines is 1. The summed E-state index contributed by atoms with van der Waals surface area (Å²) in [5.74, 6) is -0.612. The minimum atomic E-state index is -0.705. The van der Waals surface area contributed by atoms with Crippen LogP contribution < -0.4 is 5.73 Å². The molecule has 8 nitrogen and oxygen atoms in total. The van der Waals surface area contributed by atoms with Crippen molar-refractivity contribution in [3.8, 4) is 6.07 Å². The van der Waals surface area contributed by atoms with Crippen molar-refractivity contribution >= 4 is 38.7 Å². The highest BCUT2D eigenvalue weighted by molar-refractivity contribution is 9.10. The van der Waals surface area contributed by atoms with Crippen LogP contribution in [0.15, 0.2) is 59.5 Å². The zero-order valence-corrected chi connectivity index (χ0v) is 19.0. The molecule has 4 aromatic heterocycles. The van der Waals surface area contributed by atoms with Gasteiger partial charge in [-0.3, -0.25) is 14.8 Å². The average Bonchev–Trinajstić information content (AvgIpc) is 2.83. The molecule has 0 radical (unpaired) electrons. The van der Waals surface area contributed by atoms with E-state index in [9.17, 15) is 9.18 Å². The summed E-state index contributed by atoms with van der Waals surface area (Å²) in [4.78, 5) is 31.9. The van der Waals surface area contributed by atoms with Gasteiger partial charge in [0.2, 0.25) is 0 Å². The number of nitriles is 1. The Labute approximate surface area is 197 Å². The first-order valence-corrected chi connectivity index (χ1v) is 10.6. The Balaban J connectivity index is 1.75. The number of aromatic nitrogens is 4. The summed E-state index contributed by atoms with van der Waals surface area (Å²) >= 11 is 3.33. The van der Waals surface area contributed by atoms with Crippen LogP contribution in [0.4, 0.5) is 10.2 Å². The zero-order chi connectivity index (χ0) is 23.5. The Hall–Kier alpha value is -3.97. The zero-order valence-electron chi connectivity index (χ0n) is 17.4. The first kappa shape index (κ1) is 22.2. The van der Waals surface area contributed by atoms with Gasteiger partial charge >= 0.3 is 0 Å². The number of nitrogens with zero attached hydrogens (tertiary/aromatic N) is 6. The van der Waals surface area contributed by atoms with Gasteiger partial charge in [-0.05, 0) is 59.3 Å². The molecule has 1 amide bonds. The number of rotatable bonds is 5. The molecule has 33 heavy (non-hydrogen) atoms. The normalized spacial score (nSPS) is 11.7. The van der Waals surface area contributed by atoms with E-state index in [1.54, 1.807) is 31.2 Å². The van der Waals surface area contributed by atoms with E-state index >= 15 is 0 Å². The van der Waals surface area contributed by atoms with Crippen molar-refractivity contribution in [1.82, 2.24) is 24.8 Å². The quantitative estimate of drug-likeness (QED) is 0.431. The van der Waals surface area contributed by atoms with Gasteiger partial charge in [0, 0.05) is 24.0 Å². The molecule has 0 unspecified atom stereocenters. The fourth-order valence-corrected chi connectivity index (χ4v) is 3.67. The van der Waals surface area contributed by atoms with E-state index in [4.69, 9.17) is 11.0 Å². The lowest BCUT2D eigenvalue weighted by Crippen LogP contribution is -2.34. The van der Waals surface area contributed by atoms with Gasteiger partial charge in [-0.1, -0.05) is 0 Å². The topological polar surface area (TPSA) is 122 Å². The third kappa shape index (κ3) is 4.63. The third-order valence-electron chi connectivity index (χ3n) is 5.09. The first-order valence-electron chi connectivity index (χ1n) is 9.85. The molecule has 2 N–H and O–H groups in total. The number of carbonyl (C=O) groups excluding carboxylic acids is 1. The molecule has 0 saturated carbocycles. The minimum absolute atomic E-state index is 0.0729. The van der Waals surface area contributed by atoms with E-state index in [2.05, 4.69) is 35.9 Å². The van der Waals surface area contributed by atoms with Gasteiger partial charge in [0.05, 0.1) is 39.6 Å². The van der Waals surface area contributed by atoms with Crippen LogP contribution in [0.5, 0.6) is 0 Å². The largest absolute Gasteiger partial charge is 0.383 e. The van der Waals surface area contributed by atoms with Gasteiger partial charge in [-0.2, -0.15) is 5.26 Å². The number of hydrogen-bond donors (Lipinski definition) is 1. The summed E-state index contributed by atoms with van der Waals surface area (Å²) in [6, 6.07) is 10.7. The summed E-state index contributed by atoms with van der Waals surface area (Å²) in [7, 11) is 0. The number of nitrogen functional groups attached to an aromatic ring is 1. The number of carbonyl (C=O) groups is 1. The SMILES string of the molecule is C[C@H](c1ncccc1F)N(Cc1ccc(C#N)cn1)C(=O)c1cnc2nc(N)c(Br)cc2c1. The molecule has 0 aliphatic carbocycles. The van der Waals surface area contributed by atoms with E-state index in [1.807, 2.05) is 6.07 Å². The molecule has 0 aliphatic rings. The van der Waals surface area contributed by atoms with Crippen LogP contribution in [0, 0.1) is 17.1 Å². The second-order valence-corrected chi connectivity index (χ2v) is 8.11. The van der Waals surface area contributed by atoms with Gasteiger partial charge in [-0.25, -0.2) is 14.4 Å². The van der Waals surface area contributed by atoms with Crippen molar-refractivity contribution < 1.29 is 9.18 Å². The summed E-state index contributed by atoms with van der Waals surface area (Å²) in [6.07, 6.45) is 4.31. The van der Waals surface area contributed by atoms with Crippen LogP contribution >= 0.6 is 15.9 Å². The maximum absolute atomic E-state index is 14.5. The highest BCUT2D eigenvalue weighted by Gasteiger charge is 2.27. The summed E-state index contributed by atoms with van der Waals surface area (Å²) in [6.45, 7) is 1.77. The van der Waals surface area contributed by atoms with E-state index in [0.717, 1.165) is 0 Å². The maximum atomic E-state index is 14.5. The Morgan fingerprint density at radius 2 is 2.06 bits per heavy atom. The number of pyridine rings is 4. The number of fused-ring (bicyclic) bond motifs is 1. The molecule has 0 aliphatic heterocycles. The van der Waals surface area contributed by atoms with E-state index in [1.165, 1.54) is 35.6 Å². The van der Waals surface area contributed by atoms with E-state index in [0.29, 0.717) is 32.6 Å². The molecule has 10 heteroatoms. The van der Waals surface area contributed by atoms with Gasteiger partial charge in [0.15, 0.2) is 5.65 Å². The summed E-state index contributed by atoms with van der Waals surface area (Å²) in [5, 5.41) is 9.63. The van der Waals surface area contributed by atoms with Crippen LogP contribution in [0.1, 0.15) is 40.3 Å². The van der Waals surface area contributed by atoms with E-state index in [-0.39, 0.29) is 23.7 Å². The third-order valence-corrected chi connectivity index (χ3v) is 5.73. The lowest BCUT2D eigenvalue weighted by atomic mass is 10.1. The predicted octanol–water partition coefficient (Wildman–Crippen LogP) is 4.18. The first-order chi connectivity index (χ1) is 15.9. The number of halogens is 2. The van der Waals surface area contributed by atoms with Gasteiger partial charge in [-0.15, -0.1) is 0 Å². The molecule has 0 saturated heterocycles. The van der Waals surface area contributed by atoms with Crippen LogP contribution in [0.2, 0.25) is 0 Å². The average molecular weight is 506 g/mol. The molecule has 4 heterocycles. The van der Waals surface area contributed by atoms with Crippen LogP contribution in [-0.2, 0) is 6.54 Å². The minimum Gasteiger partial charge on any atom is -0.383 e. The lowest BCUT2D eigenvalue weighted by Gasteiger charge is -2.29. The van der Waals surface area contributed by atoms with Crippen LogP contribution in [-0.4, -0.2) is 30.7 Å². The van der Waals surface area contributed by atoms with Crippen molar-refractivity contribution in [2.75, 3.05) is 5.73 Å². The second-order valence-electron chi connectivity index (χ2n) is 7.26. The van der Waals surface area contributed by atoms with Crippen molar-refractivity contribution in [1.29, 1.82) is 5.26 Å². The molecular formula is C23H17BrFN7O.